The molecule has 1 fully saturated rings. The Morgan fingerprint density at radius 2 is 2.20 bits per heavy atom. The lowest BCUT2D eigenvalue weighted by molar-refractivity contribution is -0.125. The normalized spacial score (nSPS) is 30.5. The number of aromatic nitrogens is 1. The van der Waals surface area contributed by atoms with Crippen LogP contribution in [0.15, 0.2) is 12.2 Å². The predicted octanol–water partition coefficient (Wildman–Crippen LogP) is 2.85. The van der Waals surface area contributed by atoms with Crippen molar-refractivity contribution in [3.63, 3.8) is 0 Å². The number of fused-ring (bicyclic) bond motifs is 3. The van der Waals surface area contributed by atoms with Crippen molar-refractivity contribution in [2.75, 3.05) is 0 Å². The minimum absolute atomic E-state index is 0.208. The maximum atomic E-state index is 12.3. The molecule has 106 valence electrons. The third-order valence-corrected chi connectivity index (χ3v) is 6.08. The summed E-state index contributed by atoms with van der Waals surface area (Å²) in [6.07, 6.45) is 11.6. The number of allylic oxidation sites excluding steroid dienone is 2. The van der Waals surface area contributed by atoms with Crippen molar-refractivity contribution < 1.29 is 4.79 Å². The largest absolute Gasteiger partial charge is 0.349 e. The molecule has 0 unspecified atom stereocenters. The van der Waals surface area contributed by atoms with Gasteiger partial charge < -0.3 is 5.32 Å². The number of hydrogen-bond donors (Lipinski definition) is 1. The van der Waals surface area contributed by atoms with Gasteiger partial charge in [-0.25, -0.2) is 4.98 Å². The molecular formula is C16H20N2OS. The van der Waals surface area contributed by atoms with Crippen LogP contribution in [0.3, 0.4) is 0 Å². The molecule has 0 saturated heterocycles. The molecule has 0 spiro atoms. The van der Waals surface area contributed by atoms with Gasteiger partial charge in [0, 0.05) is 10.8 Å². The summed E-state index contributed by atoms with van der Waals surface area (Å²) in [4.78, 5) is 18.4. The molecule has 1 heterocycles. The Kier molecular flexibility index (Phi) is 3.14. The minimum Gasteiger partial charge on any atom is -0.349 e. The molecular weight excluding hydrogens is 268 g/mol. The summed E-state index contributed by atoms with van der Waals surface area (Å²) in [5, 5.41) is 4.20. The highest BCUT2D eigenvalue weighted by Crippen LogP contribution is 2.43. The lowest BCUT2D eigenvalue weighted by Crippen LogP contribution is -2.32. The molecule has 3 aliphatic rings. The lowest BCUT2D eigenvalue weighted by atomic mass is 9.93. The molecule has 0 aromatic carbocycles. The smallest absolute Gasteiger partial charge is 0.224 e. The molecule has 1 saturated carbocycles. The fraction of sp³-hybridized carbons (Fsp3) is 0.625. The standard InChI is InChI=1S/C16H20N2OS/c19-16(12-8-10-5-6-11(12)7-10)17-9-15-18-13-3-1-2-4-14(13)20-15/h5-6,10-12H,1-4,7-9H2,(H,17,19)/t10-,11+,12+/m0/s1. The molecule has 3 nitrogen and oxygen atoms in total. The van der Waals surface area contributed by atoms with Crippen molar-refractivity contribution in [3.8, 4) is 0 Å². The van der Waals surface area contributed by atoms with E-state index in [0.717, 1.165) is 17.8 Å². The first-order valence-corrected chi connectivity index (χ1v) is 8.55. The van der Waals surface area contributed by atoms with Crippen molar-refractivity contribution in [1.29, 1.82) is 0 Å². The summed E-state index contributed by atoms with van der Waals surface area (Å²) in [5.74, 6) is 1.59. The first kappa shape index (κ1) is 12.6. The van der Waals surface area contributed by atoms with Crippen LogP contribution in [0.1, 0.15) is 41.3 Å². The number of nitrogens with one attached hydrogen (secondary N) is 1. The van der Waals surface area contributed by atoms with E-state index in [1.54, 1.807) is 11.3 Å². The van der Waals surface area contributed by atoms with Crippen molar-refractivity contribution >= 4 is 17.2 Å². The highest BCUT2D eigenvalue weighted by Gasteiger charge is 2.39. The Balaban J connectivity index is 1.37. The van der Waals surface area contributed by atoms with Gasteiger partial charge in [0.05, 0.1) is 12.2 Å². The number of carbonyl (C=O) groups excluding carboxylic acids is 1. The maximum Gasteiger partial charge on any atom is 0.224 e. The van der Waals surface area contributed by atoms with Crippen LogP contribution in [0.4, 0.5) is 0 Å². The molecule has 1 amide bonds. The maximum absolute atomic E-state index is 12.3. The summed E-state index contributed by atoms with van der Waals surface area (Å²) in [6.45, 7) is 0.619. The zero-order valence-corrected chi connectivity index (χ0v) is 12.4. The molecule has 4 rings (SSSR count). The highest BCUT2D eigenvalue weighted by molar-refractivity contribution is 7.11. The van der Waals surface area contributed by atoms with E-state index < -0.39 is 0 Å². The van der Waals surface area contributed by atoms with Crippen molar-refractivity contribution in [1.82, 2.24) is 10.3 Å². The van der Waals surface area contributed by atoms with Crippen LogP contribution in [0, 0.1) is 17.8 Å². The summed E-state index contributed by atoms with van der Waals surface area (Å²) < 4.78 is 0. The van der Waals surface area contributed by atoms with E-state index in [1.165, 1.54) is 36.3 Å². The van der Waals surface area contributed by atoms with Gasteiger partial charge >= 0.3 is 0 Å². The van der Waals surface area contributed by atoms with Gasteiger partial charge in [-0.05, 0) is 50.4 Å². The second-order valence-corrected chi connectivity index (χ2v) is 7.46. The second-order valence-electron chi connectivity index (χ2n) is 6.29. The van der Waals surface area contributed by atoms with Crippen LogP contribution in [0.25, 0.3) is 0 Å². The topological polar surface area (TPSA) is 42.0 Å². The summed E-state index contributed by atoms with van der Waals surface area (Å²) in [7, 11) is 0. The molecule has 2 bridgehead atoms. The van der Waals surface area contributed by atoms with Gasteiger partial charge in [0.1, 0.15) is 5.01 Å². The summed E-state index contributed by atoms with van der Waals surface area (Å²) in [6, 6.07) is 0. The van der Waals surface area contributed by atoms with E-state index in [4.69, 9.17) is 0 Å². The van der Waals surface area contributed by atoms with Gasteiger partial charge in [0.25, 0.3) is 0 Å². The van der Waals surface area contributed by atoms with E-state index in [0.29, 0.717) is 18.4 Å². The SMILES string of the molecule is O=C(NCc1nc2c(s1)CCCC2)[C@@H]1C[C@H]2C=C[C@@H]1C2. The average molecular weight is 288 g/mol. The zero-order valence-electron chi connectivity index (χ0n) is 11.6. The van der Waals surface area contributed by atoms with Crippen LogP contribution in [0.5, 0.6) is 0 Å². The molecule has 1 aromatic heterocycles. The number of amides is 1. The molecule has 3 aliphatic carbocycles. The van der Waals surface area contributed by atoms with Crippen LogP contribution in [-0.2, 0) is 24.2 Å². The van der Waals surface area contributed by atoms with Crippen molar-refractivity contribution in [2.45, 2.75) is 45.1 Å². The fourth-order valence-electron chi connectivity index (χ4n) is 3.86. The molecule has 0 radical (unpaired) electrons. The summed E-state index contributed by atoms with van der Waals surface area (Å²) >= 11 is 1.80. The quantitative estimate of drug-likeness (QED) is 0.869. The molecule has 4 heteroatoms. The summed E-state index contributed by atoms with van der Waals surface area (Å²) in [5.41, 5.74) is 1.29. The third kappa shape index (κ3) is 2.20. The molecule has 20 heavy (non-hydrogen) atoms. The fourth-order valence-corrected chi connectivity index (χ4v) is 4.95. The number of nitrogens with zero attached hydrogens (tertiary/aromatic N) is 1. The molecule has 1 aromatic rings. The van der Waals surface area contributed by atoms with E-state index in [9.17, 15) is 4.79 Å². The monoisotopic (exact) mass is 288 g/mol. The van der Waals surface area contributed by atoms with Gasteiger partial charge in [0.15, 0.2) is 0 Å². The van der Waals surface area contributed by atoms with Crippen LogP contribution >= 0.6 is 11.3 Å². The van der Waals surface area contributed by atoms with Gasteiger partial charge in [-0.2, -0.15) is 0 Å². The number of rotatable bonds is 3. The first-order valence-electron chi connectivity index (χ1n) is 7.73. The highest BCUT2D eigenvalue weighted by atomic mass is 32.1. The van der Waals surface area contributed by atoms with Crippen molar-refractivity contribution in [2.24, 2.45) is 17.8 Å². The lowest BCUT2D eigenvalue weighted by Gasteiger charge is -2.16. The van der Waals surface area contributed by atoms with Crippen LogP contribution < -0.4 is 5.32 Å². The predicted molar refractivity (Wildman–Crippen MR) is 79.4 cm³/mol. The van der Waals surface area contributed by atoms with Gasteiger partial charge in [0.2, 0.25) is 5.91 Å². The van der Waals surface area contributed by atoms with Gasteiger partial charge in [-0.15, -0.1) is 11.3 Å². The van der Waals surface area contributed by atoms with Gasteiger partial charge in [-0.3, -0.25) is 4.79 Å². The number of hydrogen-bond acceptors (Lipinski definition) is 3. The Morgan fingerprint density at radius 3 is 2.95 bits per heavy atom. The number of thiazole rings is 1. The van der Waals surface area contributed by atoms with Crippen LogP contribution in [0.2, 0.25) is 0 Å². The number of carbonyl (C=O) groups is 1. The van der Waals surface area contributed by atoms with Crippen molar-refractivity contribution in [3.05, 3.63) is 27.7 Å². The first-order chi connectivity index (χ1) is 9.79. The molecule has 3 atom stereocenters. The number of aryl methyl sites for hydroxylation is 2. The van der Waals surface area contributed by atoms with E-state index in [1.807, 2.05) is 0 Å². The second kappa shape index (κ2) is 4.99. The Morgan fingerprint density at radius 1 is 1.30 bits per heavy atom. The average Bonchev–Trinajstić information content (AvgIpc) is 3.18. The van der Waals surface area contributed by atoms with E-state index in [2.05, 4.69) is 22.5 Å². The molecule has 0 aliphatic heterocycles. The Labute approximate surface area is 123 Å². The zero-order chi connectivity index (χ0) is 13.5. The van der Waals surface area contributed by atoms with E-state index >= 15 is 0 Å². The Bertz CT molecular complexity index is 539. The van der Waals surface area contributed by atoms with Crippen LogP contribution in [-0.4, -0.2) is 10.9 Å². The third-order valence-electron chi connectivity index (χ3n) is 4.92. The molecule has 1 N–H and O–H groups in total. The minimum atomic E-state index is 0.208. The Hall–Kier alpha value is -1.16. The van der Waals surface area contributed by atoms with Gasteiger partial charge in [-0.1, -0.05) is 12.2 Å². The van der Waals surface area contributed by atoms with E-state index in [-0.39, 0.29) is 11.8 Å².